The predicted molar refractivity (Wildman–Crippen MR) is 67.0 cm³/mol. The largest absolute Gasteiger partial charge is 0.383 e. The molecule has 4 heteroatoms. The molecule has 0 unspecified atom stereocenters. The first-order valence-electron chi connectivity index (χ1n) is 5.41. The highest BCUT2D eigenvalue weighted by atomic mass is 32.1. The Morgan fingerprint density at radius 1 is 1.50 bits per heavy atom. The molecular formula is C12H14N2OS. The maximum absolute atomic E-state index is 5.25. The lowest BCUT2D eigenvalue weighted by Gasteiger charge is -2.38. The Hall–Kier alpha value is -1.13. The Labute approximate surface area is 98.5 Å². The maximum Gasteiger partial charge on any atom is 0.0830 e. The van der Waals surface area contributed by atoms with E-state index in [0.717, 1.165) is 25.3 Å². The van der Waals surface area contributed by atoms with Crippen LogP contribution in [0.5, 0.6) is 0 Å². The first-order chi connectivity index (χ1) is 7.77. The zero-order valence-electron chi connectivity index (χ0n) is 9.19. The number of nitrogens with one attached hydrogen (secondary N) is 1. The second kappa shape index (κ2) is 3.71. The molecule has 16 heavy (non-hydrogen) atoms. The molecule has 0 aromatic carbocycles. The zero-order chi connectivity index (χ0) is 11.0. The van der Waals surface area contributed by atoms with Gasteiger partial charge in [-0.15, -0.1) is 11.3 Å². The number of anilines is 1. The second-order valence-corrected chi connectivity index (χ2v) is 5.57. The van der Waals surface area contributed by atoms with Gasteiger partial charge >= 0.3 is 0 Å². The van der Waals surface area contributed by atoms with Gasteiger partial charge in [0.2, 0.25) is 0 Å². The Morgan fingerprint density at radius 2 is 2.38 bits per heavy atom. The number of rotatable bonds is 3. The van der Waals surface area contributed by atoms with Gasteiger partial charge in [-0.3, -0.25) is 4.98 Å². The van der Waals surface area contributed by atoms with E-state index in [1.54, 1.807) is 11.3 Å². The fraction of sp³-hybridized carbons (Fsp3) is 0.417. The van der Waals surface area contributed by atoms with E-state index in [1.165, 1.54) is 10.4 Å². The summed E-state index contributed by atoms with van der Waals surface area (Å²) < 4.78 is 6.49. The van der Waals surface area contributed by atoms with Gasteiger partial charge in [0.15, 0.2) is 0 Å². The average Bonchev–Trinajstić information content (AvgIpc) is 2.72. The summed E-state index contributed by atoms with van der Waals surface area (Å²) in [4.78, 5) is 4.33. The van der Waals surface area contributed by atoms with Gasteiger partial charge in [-0.1, -0.05) is 6.92 Å². The summed E-state index contributed by atoms with van der Waals surface area (Å²) in [6.45, 7) is 4.93. The molecule has 3 nitrogen and oxygen atoms in total. The molecule has 1 aliphatic rings. The van der Waals surface area contributed by atoms with Gasteiger partial charge in [-0.25, -0.2) is 0 Å². The monoisotopic (exact) mass is 234 g/mol. The maximum atomic E-state index is 5.25. The van der Waals surface area contributed by atoms with Crippen molar-refractivity contribution in [3.63, 3.8) is 0 Å². The van der Waals surface area contributed by atoms with E-state index in [0.29, 0.717) is 5.41 Å². The second-order valence-electron chi connectivity index (χ2n) is 4.65. The number of nitrogens with zero attached hydrogens (tertiary/aromatic N) is 1. The summed E-state index contributed by atoms with van der Waals surface area (Å²) >= 11 is 1.73. The molecule has 0 spiro atoms. The highest BCUT2D eigenvalue weighted by molar-refractivity contribution is 7.17. The molecule has 2 aromatic rings. The van der Waals surface area contributed by atoms with Crippen LogP contribution < -0.4 is 5.32 Å². The number of aromatic nitrogens is 1. The van der Waals surface area contributed by atoms with Gasteiger partial charge in [-0.05, 0) is 17.5 Å². The average molecular weight is 234 g/mol. The summed E-state index contributed by atoms with van der Waals surface area (Å²) in [6.07, 6.45) is 1.86. The van der Waals surface area contributed by atoms with Crippen molar-refractivity contribution >= 4 is 27.2 Å². The first kappa shape index (κ1) is 10.1. The van der Waals surface area contributed by atoms with Crippen molar-refractivity contribution in [1.82, 2.24) is 4.98 Å². The molecule has 1 N–H and O–H groups in total. The SMILES string of the molecule is CC1(CNc2ccnc3ccsc23)COC1. The standard InChI is InChI=1S/C12H14N2OS/c1-12(7-15-8-12)6-14-9-2-4-13-10-3-5-16-11(9)10/h2-5H,6-8H2,1H3,(H,13,14). The lowest BCUT2D eigenvalue weighted by molar-refractivity contribution is -0.0924. The Balaban J connectivity index is 1.81. The van der Waals surface area contributed by atoms with Crippen LogP contribution in [-0.4, -0.2) is 24.7 Å². The van der Waals surface area contributed by atoms with Crippen LogP contribution in [0.25, 0.3) is 10.2 Å². The number of hydrogen-bond donors (Lipinski definition) is 1. The quantitative estimate of drug-likeness (QED) is 0.886. The molecular weight excluding hydrogens is 220 g/mol. The number of fused-ring (bicyclic) bond motifs is 1. The van der Waals surface area contributed by atoms with Crippen molar-refractivity contribution in [3.05, 3.63) is 23.7 Å². The van der Waals surface area contributed by atoms with Crippen LogP contribution in [0.2, 0.25) is 0 Å². The molecule has 3 heterocycles. The minimum absolute atomic E-state index is 0.298. The fourth-order valence-electron chi connectivity index (χ4n) is 1.87. The lowest BCUT2D eigenvalue weighted by atomic mass is 9.89. The highest BCUT2D eigenvalue weighted by Crippen LogP contribution is 2.30. The van der Waals surface area contributed by atoms with E-state index in [-0.39, 0.29) is 0 Å². The molecule has 1 saturated heterocycles. The van der Waals surface area contributed by atoms with Crippen LogP contribution in [-0.2, 0) is 4.74 Å². The van der Waals surface area contributed by atoms with Crippen LogP contribution in [0.15, 0.2) is 23.7 Å². The van der Waals surface area contributed by atoms with Crippen molar-refractivity contribution in [3.8, 4) is 0 Å². The summed E-state index contributed by atoms with van der Waals surface area (Å²) in [5.74, 6) is 0. The summed E-state index contributed by atoms with van der Waals surface area (Å²) in [5.41, 5.74) is 2.56. The number of ether oxygens (including phenoxy) is 1. The summed E-state index contributed by atoms with van der Waals surface area (Å²) in [5, 5.41) is 5.59. The van der Waals surface area contributed by atoms with Gasteiger partial charge in [-0.2, -0.15) is 0 Å². The van der Waals surface area contributed by atoms with E-state index in [9.17, 15) is 0 Å². The molecule has 84 valence electrons. The summed E-state index contributed by atoms with van der Waals surface area (Å²) in [7, 11) is 0. The van der Waals surface area contributed by atoms with E-state index in [1.807, 2.05) is 12.3 Å². The topological polar surface area (TPSA) is 34.2 Å². The van der Waals surface area contributed by atoms with Crippen molar-refractivity contribution in [2.45, 2.75) is 6.92 Å². The molecule has 2 aromatic heterocycles. The first-order valence-corrected chi connectivity index (χ1v) is 6.29. The number of hydrogen-bond acceptors (Lipinski definition) is 4. The van der Waals surface area contributed by atoms with Gasteiger partial charge in [0.05, 0.1) is 29.1 Å². The van der Waals surface area contributed by atoms with Crippen LogP contribution >= 0.6 is 11.3 Å². The molecule has 1 fully saturated rings. The molecule has 0 radical (unpaired) electrons. The molecule has 3 rings (SSSR count). The number of pyridine rings is 1. The van der Waals surface area contributed by atoms with Crippen molar-refractivity contribution in [2.24, 2.45) is 5.41 Å². The van der Waals surface area contributed by atoms with E-state index in [2.05, 4.69) is 28.7 Å². The van der Waals surface area contributed by atoms with Crippen molar-refractivity contribution in [2.75, 3.05) is 25.1 Å². The minimum atomic E-state index is 0.298. The van der Waals surface area contributed by atoms with Crippen LogP contribution in [0.4, 0.5) is 5.69 Å². The third kappa shape index (κ3) is 1.68. The van der Waals surface area contributed by atoms with Crippen LogP contribution in [0, 0.1) is 5.41 Å². The highest BCUT2D eigenvalue weighted by Gasteiger charge is 2.33. The van der Waals surface area contributed by atoms with E-state index >= 15 is 0 Å². The molecule has 0 amide bonds. The smallest absolute Gasteiger partial charge is 0.0830 e. The lowest BCUT2D eigenvalue weighted by Crippen LogP contribution is -2.45. The van der Waals surface area contributed by atoms with Gasteiger partial charge in [0.1, 0.15) is 0 Å². The predicted octanol–water partition coefficient (Wildman–Crippen LogP) is 2.74. The minimum Gasteiger partial charge on any atom is -0.383 e. The zero-order valence-corrected chi connectivity index (χ0v) is 10.0. The Bertz CT molecular complexity index is 504. The normalized spacial score (nSPS) is 18.3. The Morgan fingerprint density at radius 3 is 3.12 bits per heavy atom. The Kier molecular flexibility index (Phi) is 2.33. The fourth-order valence-corrected chi connectivity index (χ4v) is 2.72. The molecule has 0 aliphatic carbocycles. The van der Waals surface area contributed by atoms with E-state index < -0.39 is 0 Å². The molecule has 1 aliphatic heterocycles. The summed E-state index contributed by atoms with van der Waals surface area (Å²) in [6, 6.07) is 4.10. The third-order valence-corrected chi connectivity index (χ3v) is 3.89. The van der Waals surface area contributed by atoms with Crippen molar-refractivity contribution in [1.29, 1.82) is 0 Å². The van der Waals surface area contributed by atoms with Crippen LogP contribution in [0.3, 0.4) is 0 Å². The molecule has 0 bridgehead atoms. The molecule has 0 saturated carbocycles. The van der Waals surface area contributed by atoms with Crippen LogP contribution in [0.1, 0.15) is 6.92 Å². The van der Waals surface area contributed by atoms with Crippen molar-refractivity contribution < 1.29 is 4.74 Å². The molecule has 0 atom stereocenters. The third-order valence-electron chi connectivity index (χ3n) is 2.95. The van der Waals surface area contributed by atoms with Gasteiger partial charge in [0.25, 0.3) is 0 Å². The number of thiophene rings is 1. The van der Waals surface area contributed by atoms with E-state index in [4.69, 9.17) is 4.74 Å². The van der Waals surface area contributed by atoms with Gasteiger partial charge < -0.3 is 10.1 Å². The van der Waals surface area contributed by atoms with Gasteiger partial charge in [0, 0.05) is 18.2 Å².